The highest BCUT2D eigenvalue weighted by atomic mass is 35.5. The highest BCUT2D eigenvalue weighted by molar-refractivity contribution is 6.30. The maximum absolute atomic E-state index is 13.2. The molecule has 1 aliphatic rings. The Morgan fingerprint density at radius 2 is 2.05 bits per heavy atom. The van der Waals surface area contributed by atoms with E-state index in [1.54, 1.807) is 17.9 Å². The first-order chi connectivity index (χ1) is 10.1. The zero-order valence-electron chi connectivity index (χ0n) is 11.3. The molecule has 108 valence electrons. The summed E-state index contributed by atoms with van der Waals surface area (Å²) in [5.74, 6) is 0.0643. The molecule has 1 atom stereocenters. The molecule has 1 aliphatic heterocycles. The van der Waals surface area contributed by atoms with Crippen LogP contribution in [0.2, 0.25) is 5.02 Å². The lowest BCUT2D eigenvalue weighted by molar-refractivity contribution is -0.125. The molecule has 5 heteroatoms. The van der Waals surface area contributed by atoms with Crippen molar-refractivity contribution in [2.24, 2.45) is 0 Å². The Kier molecular flexibility index (Phi) is 3.55. The number of benzene rings is 2. The van der Waals surface area contributed by atoms with Gasteiger partial charge in [0.1, 0.15) is 11.6 Å². The molecule has 0 spiro atoms. The van der Waals surface area contributed by atoms with Gasteiger partial charge in [-0.2, -0.15) is 0 Å². The van der Waals surface area contributed by atoms with E-state index in [2.05, 4.69) is 0 Å². The number of anilines is 1. The molecule has 1 heterocycles. The number of rotatable bonds is 2. The first-order valence-corrected chi connectivity index (χ1v) is 6.95. The molecule has 0 radical (unpaired) electrons. The molecular formula is C16H13ClFNO2. The van der Waals surface area contributed by atoms with Gasteiger partial charge in [0.05, 0.1) is 17.3 Å². The van der Waals surface area contributed by atoms with Crippen molar-refractivity contribution in [3.05, 3.63) is 58.9 Å². The zero-order chi connectivity index (χ0) is 15.0. The van der Waals surface area contributed by atoms with Crippen molar-refractivity contribution < 1.29 is 13.9 Å². The summed E-state index contributed by atoms with van der Waals surface area (Å²) in [4.78, 5) is 14.0. The van der Waals surface area contributed by atoms with E-state index in [9.17, 15) is 9.18 Å². The lowest BCUT2D eigenvalue weighted by Gasteiger charge is -2.33. The Morgan fingerprint density at radius 1 is 1.29 bits per heavy atom. The molecule has 3 rings (SSSR count). The molecule has 0 aromatic heterocycles. The fraction of sp³-hybridized carbons (Fsp3) is 0.188. The van der Waals surface area contributed by atoms with Gasteiger partial charge in [0, 0.05) is 0 Å². The Balaban J connectivity index is 1.96. The van der Waals surface area contributed by atoms with Gasteiger partial charge >= 0.3 is 0 Å². The SMILES string of the molecule is CC1Oc2ccccc2N(Cc2ccc(F)c(Cl)c2)C1=O. The summed E-state index contributed by atoms with van der Waals surface area (Å²) < 4.78 is 18.8. The average molecular weight is 306 g/mol. The molecule has 0 N–H and O–H groups in total. The molecule has 0 saturated carbocycles. The second-order valence-corrected chi connectivity index (χ2v) is 5.31. The van der Waals surface area contributed by atoms with Crippen LogP contribution >= 0.6 is 11.6 Å². The van der Waals surface area contributed by atoms with Crippen LogP contribution < -0.4 is 9.64 Å². The minimum absolute atomic E-state index is 0.0505. The third-order valence-electron chi connectivity index (χ3n) is 3.40. The number of carbonyl (C=O) groups excluding carboxylic acids is 1. The number of fused-ring (bicyclic) bond motifs is 1. The van der Waals surface area contributed by atoms with Crippen LogP contribution in [0.4, 0.5) is 10.1 Å². The number of hydrogen-bond acceptors (Lipinski definition) is 2. The van der Waals surface area contributed by atoms with Gasteiger partial charge in [-0.1, -0.05) is 29.8 Å². The van der Waals surface area contributed by atoms with Gasteiger partial charge < -0.3 is 9.64 Å². The smallest absolute Gasteiger partial charge is 0.268 e. The van der Waals surface area contributed by atoms with E-state index in [-0.39, 0.29) is 10.9 Å². The fourth-order valence-corrected chi connectivity index (χ4v) is 2.55. The summed E-state index contributed by atoms with van der Waals surface area (Å²) in [7, 11) is 0. The summed E-state index contributed by atoms with van der Waals surface area (Å²) in [6.45, 7) is 2.03. The van der Waals surface area contributed by atoms with Crippen LogP contribution in [-0.4, -0.2) is 12.0 Å². The summed E-state index contributed by atoms with van der Waals surface area (Å²) >= 11 is 5.79. The summed E-state index contributed by atoms with van der Waals surface area (Å²) in [5.41, 5.74) is 1.47. The van der Waals surface area contributed by atoms with Gasteiger partial charge in [0.15, 0.2) is 6.10 Å². The van der Waals surface area contributed by atoms with Crippen molar-refractivity contribution in [1.29, 1.82) is 0 Å². The predicted octanol–water partition coefficient (Wildman–Crippen LogP) is 3.79. The van der Waals surface area contributed by atoms with E-state index >= 15 is 0 Å². The monoisotopic (exact) mass is 305 g/mol. The van der Waals surface area contributed by atoms with E-state index in [0.717, 1.165) is 5.56 Å². The third-order valence-corrected chi connectivity index (χ3v) is 3.69. The van der Waals surface area contributed by atoms with E-state index in [4.69, 9.17) is 16.3 Å². The normalized spacial score (nSPS) is 17.4. The minimum atomic E-state index is -0.546. The molecule has 3 nitrogen and oxygen atoms in total. The maximum atomic E-state index is 13.2. The van der Waals surface area contributed by atoms with E-state index in [0.29, 0.717) is 18.0 Å². The number of carbonyl (C=O) groups is 1. The van der Waals surface area contributed by atoms with Crippen molar-refractivity contribution in [2.45, 2.75) is 19.6 Å². The lowest BCUT2D eigenvalue weighted by atomic mass is 10.1. The molecular weight excluding hydrogens is 293 g/mol. The Labute approximate surface area is 126 Å². The number of nitrogens with zero attached hydrogens (tertiary/aromatic N) is 1. The number of para-hydroxylation sites is 2. The highest BCUT2D eigenvalue weighted by Crippen LogP contribution is 2.34. The van der Waals surface area contributed by atoms with Crippen LogP contribution in [-0.2, 0) is 11.3 Å². The van der Waals surface area contributed by atoms with Gasteiger partial charge in [-0.15, -0.1) is 0 Å². The summed E-state index contributed by atoms with van der Waals surface area (Å²) in [6, 6.07) is 11.8. The van der Waals surface area contributed by atoms with Crippen molar-refractivity contribution >= 4 is 23.2 Å². The van der Waals surface area contributed by atoms with Gasteiger partial charge in [-0.25, -0.2) is 4.39 Å². The zero-order valence-corrected chi connectivity index (χ0v) is 12.1. The highest BCUT2D eigenvalue weighted by Gasteiger charge is 2.31. The molecule has 0 fully saturated rings. The molecule has 2 aromatic carbocycles. The summed E-state index contributed by atoms with van der Waals surface area (Å²) in [5, 5.41) is 0.0505. The van der Waals surface area contributed by atoms with E-state index < -0.39 is 11.9 Å². The van der Waals surface area contributed by atoms with Crippen LogP contribution in [0, 0.1) is 5.82 Å². The molecule has 21 heavy (non-hydrogen) atoms. The minimum Gasteiger partial charge on any atom is -0.479 e. The predicted molar refractivity (Wildman–Crippen MR) is 79.1 cm³/mol. The second kappa shape index (κ2) is 5.37. The first-order valence-electron chi connectivity index (χ1n) is 6.57. The van der Waals surface area contributed by atoms with Crippen LogP contribution in [0.5, 0.6) is 5.75 Å². The molecule has 0 aliphatic carbocycles. The lowest BCUT2D eigenvalue weighted by Crippen LogP contribution is -2.43. The van der Waals surface area contributed by atoms with Crippen LogP contribution in [0.1, 0.15) is 12.5 Å². The first kappa shape index (κ1) is 13.9. The largest absolute Gasteiger partial charge is 0.479 e. The van der Waals surface area contributed by atoms with E-state index in [1.807, 2.05) is 24.3 Å². The Bertz CT molecular complexity index is 704. The molecule has 2 aromatic rings. The van der Waals surface area contributed by atoms with Gasteiger partial charge in [0.2, 0.25) is 0 Å². The molecule has 0 saturated heterocycles. The third kappa shape index (κ3) is 2.59. The van der Waals surface area contributed by atoms with Gasteiger partial charge in [-0.05, 0) is 36.8 Å². The second-order valence-electron chi connectivity index (χ2n) is 4.90. The summed E-state index contributed by atoms with van der Waals surface area (Å²) in [6.07, 6.45) is -0.546. The standard InChI is InChI=1S/C16H13ClFNO2/c1-10-16(20)19(14-4-2-3-5-15(14)21-10)9-11-6-7-13(18)12(17)8-11/h2-8,10H,9H2,1H3. The van der Waals surface area contributed by atoms with E-state index in [1.165, 1.54) is 12.1 Å². The molecule has 1 unspecified atom stereocenters. The van der Waals surface area contributed by atoms with Crippen molar-refractivity contribution in [3.8, 4) is 5.75 Å². The van der Waals surface area contributed by atoms with Gasteiger partial charge in [-0.3, -0.25) is 4.79 Å². The number of hydrogen-bond donors (Lipinski definition) is 0. The number of halogens is 2. The molecule has 1 amide bonds. The Hall–Kier alpha value is -2.07. The quantitative estimate of drug-likeness (QED) is 0.845. The number of ether oxygens (including phenoxy) is 1. The molecule has 0 bridgehead atoms. The number of amides is 1. The van der Waals surface area contributed by atoms with Crippen LogP contribution in [0.25, 0.3) is 0 Å². The fourth-order valence-electron chi connectivity index (χ4n) is 2.34. The van der Waals surface area contributed by atoms with Crippen LogP contribution in [0.3, 0.4) is 0 Å². The van der Waals surface area contributed by atoms with Crippen molar-refractivity contribution in [1.82, 2.24) is 0 Å². The van der Waals surface area contributed by atoms with Crippen LogP contribution in [0.15, 0.2) is 42.5 Å². The van der Waals surface area contributed by atoms with Gasteiger partial charge in [0.25, 0.3) is 5.91 Å². The average Bonchev–Trinajstić information content (AvgIpc) is 2.47. The topological polar surface area (TPSA) is 29.5 Å². The Morgan fingerprint density at radius 3 is 2.81 bits per heavy atom. The van der Waals surface area contributed by atoms with Crippen molar-refractivity contribution in [3.63, 3.8) is 0 Å². The maximum Gasteiger partial charge on any atom is 0.268 e. The van der Waals surface area contributed by atoms with Crippen molar-refractivity contribution in [2.75, 3.05) is 4.90 Å².